The van der Waals surface area contributed by atoms with Gasteiger partial charge in [0.15, 0.2) is 0 Å². The van der Waals surface area contributed by atoms with Crippen molar-refractivity contribution in [1.82, 2.24) is 0 Å². The maximum atomic E-state index is 13.3. The lowest BCUT2D eigenvalue weighted by atomic mass is 10.2. The van der Waals surface area contributed by atoms with Crippen LogP contribution in [0.5, 0.6) is 0 Å². The second-order valence-corrected chi connectivity index (χ2v) is 4.17. The average Bonchev–Trinajstić information content (AvgIpc) is 2.32. The lowest BCUT2D eigenvalue weighted by Crippen LogP contribution is -2.04. The van der Waals surface area contributed by atoms with E-state index in [2.05, 4.69) is 21.8 Å². The Morgan fingerprint density at radius 2 is 2.06 bits per heavy atom. The molecule has 1 aromatic carbocycles. The van der Waals surface area contributed by atoms with Crippen LogP contribution in [0.2, 0.25) is 0 Å². The topological polar surface area (TPSA) is 54.1 Å². The Labute approximate surface area is 101 Å². The zero-order chi connectivity index (χ0) is 12.3. The number of nitrogens with zero attached hydrogens (tertiary/aromatic N) is 3. The van der Waals surface area contributed by atoms with Crippen molar-refractivity contribution in [1.29, 1.82) is 0 Å². The lowest BCUT2D eigenvalue weighted by Gasteiger charge is -2.04. The molecule has 6 heteroatoms. The van der Waals surface area contributed by atoms with Crippen molar-refractivity contribution in [3.63, 3.8) is 0 Å². The predicted molar refractivity (Wildman–Crippen MR) is 64.1 cm³/mol. The lowest BCUT2D eigenvalue weighted by molar-refractivity contribution is -0.114. The standard InChI is InChI=1S/C11H8FN3OS/c1-7-10(16)13-11(15-14-7)17-6-8-4-2-3-5-9(8)12/h2-5H,1,6H2. The predicted octanol–water partition coefficient (Wildman–Crippen LogP) is 2.92. The number of halogens is 1. The fraction of sp³-hybridized carbons (Fsp3) is 0.0909. The number of hydrogen-bond acceptors (Lipinski definition) is 4. The van der Waals surface area contributed by atoms with Crippen molar-refractivity contribution in [3.8, 4) is 0 Å². The van der Waals surface area contributed by atoms with E-state index < -0.39 is 5.91 Å². The van der Waals surface area contributed by atoms with Gasteiger partial charge in [-0.15, -0.1) is 10.2 Å². The van der Waals surface area contributed by atoms with E-state index in [-0.39, 0.29) is 16.7 Å². The highest BCUT2D eigenvalue weighted by atomic mass is 32.2. The van der Waals surface area contributed by atoms with Crippen LogP contribution in [0.25, 0.3) is 0 Å². The van der Waals surface area contributed by atoms with Gasteiger partial charge < -0.3 is 0 Å². The summed E-state index contributed by atoms with van der Waals surface area (Å²) < 4.78 is 13.3. The Balaban J connectivity index is 2.03. The molecule has 0 radical (unpaired) electrons. The second-order valence-electron chi connectivity index (χ2n) is 3.23. The molecule has 1 aliphatic rings. The van der Waals surface area contributed by atoms with Crippen LogP contribution in [0, 0.1) is 5.82 Å². The molecule has 0 N–H and O–H groups in total. The molecule has 0 fully saturated rings. The van der Waals surface area contributed by atoms with Crippen LogP contribution < -0.4 is 0 Å². The molecule has 4 nitrogen and oxygen atoms in total. The number of amidine groups is 1. The number of carbonyl (C=O) groups excluding carboxylic acids is 1. The molecule has 17 heavy (non-hydrogen) atoms. The number of hydrogen-bond donors (Lipinski definition) is 0. The van der Waals surface area contributed by atoms with Gasteiger partial charge in [-0.1, -0.05) is 36.5 Å². The molecule has 0 spiro atoms. The van der Waals surface area contributed by atoms with Crippen molar-refractivity contribution in [2.24, 2.45) is 15.2 Å². The van der Waals surface area contributed by atoms with E-state index in [4.69, 9.17) is 0 Å². The summed E-state index contributed by atoms with van der Waals surface area (Å²) in [5, 5.41) is 7.49. The summed E-state index contributed by atoms with van der Waals surface area (Å²) in [4.78, 5) is 14.8. The number of amides is 1. The van der Waals surface area contributed by atoms with Gasteiger partial charge in [0, 0.05) is 5.75 Å². The highest BCUT2D eigenvalue weighted by Gasteiger charge is 2.13. The monoisotopic (exact) mass is 249 g/mol. The van der Waals surface area contributed by atoms with Crippen molar-refractivity contribution in [2.75, 3.05) is 0 Å². The average molecular weight is 249 g/mol. The molecule has 1 amide bonds. The molecule has 0 unspecified atom stereocenters. The molecule has 0 aromatic heterocycles. The van der Waals surface area contributed by atoms with E-state index >= 15 is 0 Å². The van der Waals surface area contributed by atoms with Crippen molar-refractivity contribution in [3.05, 3.63) is 47.9 Å². The number of rotatable bonds is 2. The maximum absolute atomic E-state index is 13.3. The summed E-state index contributed by atoms with van der Waals surface area (Å²) >= 11 is 1.16. The molecule has 2 rings (SSSR count). The van der Waals surface area contributed by atoms with Crippen molar-refractivity contribution in [2.45, 2.75) is 5.75 Å². The Morgan fingerprint density at radius 1 is 1.29 bits per heavy atom. The van der Waals surface area contributed by atoms with Crippen LogP contribution in [0.3, 0.4) is 0 Å². The van der Waals surface area contributed by atoms with Gasteiger partial charge >= 0.3 is 0 Å². The molecule has 1 aliphatic heterocycles. The molecule has 1 aromatic rings. The van der Waals surface area contributed by atoms with Crippen LogP contribution in [-0.4, -0.2) is 11.1 Å². The fourth-order valence-electron chi connectivity index (χ4n) is 1.14. The molecule has 0 bridgehead atoms. The zero-order valence-corrected chi connectivity index (χ0v) is 9.58. The van der Waals surface area contributed by atoms with E-state index in [1.54, 1.807) is 18.2 Å². The van der Waals surface area contributed by atoms with E-state index in [9.17, 15) is 9.18 Å². The first-order valence-corrected chi connectivity index (χ1v) is 5.75. The van der Waals surface area contributed by atoms with Crippen LogP contribution in [0.4, 0.5) is 4.39 Å². The Bertz CT molecular complexity index is 539. The van der Waals surface area contributed by atoms with Gasteiger partial charge in [-0.2, -0.15) is 4.99 Å². The third-order valence-corrected chi connectivity index (χ3v) is 2.90. The quantitative estimate of drug-likeness (QED) is 0.757. The van der Waals surface area contributed by atoms with Crippen LogP contribution >= 0.6 is 11.8 Å². The minimum Gasteiger partial charge on any atom is -0.265 e. The third kappa shape index (κ3) is 2.85. The van der Waals surface area contributed by atoms with Gasteiger partial charge in [-0.25, -0.2) is 4.39 Å². The molecule has 0 aliphatic carbocycles. The Morgan fingerprint density at radius 3 is 2.76 bits per heavy atom. The molecule has 0 saturated heterocycles. The number of thioether (sulfide) groups is 1. The van der Waals surface area contributed by atoms with Gasteiger partial charge in [0.2, 0.25) is 5.17 Å². The summed E-state index contributed by atoms with van der Waals surface area (Å²) in [7, 11) is 0. The Hall–Kier alpha value is -1.82. The first-order valence-electron chi connectivity index (χ1n) is 4.76. The minimum atomic E-state index is -0.504. The third-order valence-electron chi connectivity index (χ3n) is 2.01. The number of benzene rings is 1. The summed E-state index contributed by atoms with van der Waals surface area (Å²) in [5.74, 6) is -0.440. The van der Waals surface area contributed by atoms with Gasteiger partial charge in [-0.3, -0.25) is 4.79 Å². The summed E-state index contributed by atoms with van der Waals surface area (Å²) in [6, 6.07) is 6.42. The summed E-state index contributed by atoms with van der Waals surface area (Å²) in [6.45, 7) is 3.38. The van der Waals surface area contributed by atoms with E-state index in [0.29, 0.717) is 11.3 Å². The SMILES string of the molecule is C=C1N=NC(SCc2ccccc2F)=NC1=O. The molecular formula is C11H8FN3OS. The van der Waals surface area contributed by atoms with Crippen molar-refractivity contribution < 1.29 is 9.18 Å². The van der Waals surface area contributed by atoms with Gasteiger partial charge in [-0.05, 0) is 11.6 Å². The fourth-order valence-corrected chi connectivity index (χ4v) is 1.90. The normalized spacial score (nSPS) is 15.0. The van der Waals surface area contributed by atoms with Crippen LogP contribution in [0.1, 0.15) is 5.56 Å². The smallest absolute Gasteiger partial charge is 0.265 e. The number of azo groups is 1. The van der Waals surface area contributed by atoms with Gasteiger partial charge in [0.05, 0.1) is 0 Å². The molecule has 0 saturated carbocycles. The van der Waals surface area contributed by atoms with Crippen molar-refractivity contribution >= 4 is 22.8 Å². The maximum Gasteiger partial charge on any atom is 0.299 e. The summed E-state index contributed by atoms with van der Waals surface area (Å²) in [6.07, 6.45) is 0. The van der Waals surface area contributed by atoms with E-state index in [1.165, 1.54) is 6.07 Å². The van der Waals surface area contributed by atoms with E-state index in [1.807, 2.05) is 0 Å². The Kier molecular flexibility index (Phi) is 3.43. The second kappa shape index (κ2) is 5.01. The van der Waals surface area contributed by atoms with E-state index in [0.717, 1.165) is 11.8 Å². The van der Waals surface area contributed by atoms with Gasteiger partial charge in [0.25, 0.3) is 5.91 Å². The number of carbonyl (C=O) groups is 1. The zero-order valence-electron chi connectivity index (χ0n) is 8.76. The van der Waals surface area contributed by atoms with Crippen LogP contribution in [0.15, 0.2) is 51.8 Å². The number of aliphatic imine (C=N–C) groups is 1. The minimum absolute atomic E-state index is 0.0141. The van der Waals surface area contributed by atoms with Gasteiger partial charge in [0.1, 0.15) is 11.5 Å². The molecular weight excluding hydrogens is 241 g/mol. The first-order chi connectivity index (χ1) is 8.16. The molecule has 0 atom stereocenters. The summed E-state index contributed by atoms with van der Waals surface area (Å²) in [5.41, 5.74) is 0.549. The largest absolute Gasteiger partial charge is 0.299 e. The molecule has 1 heterocycles. The molecule has 86 valence electrons. The first kappa shape index (κ1) is 11.7. The highest BCUT2D eigenvalue weighted by molar-refractivity contribution is 8.13. The van der Waals surface area contributed by atoms with Crippen LogP contribution in [-0.2, 0) is 10.5 Å². The highest BCUT2D eigenvalue weighted by Crippen LogP contribution is 2.20.